The van der Waals surface area contributed by atoms with Crippen LogP contribution in [0.5, 0.6) is 11.5 Å². The van der Waals surface area contributed by atoms with Crippen LogP contribution in [0.1, 0.15) is 23.6 Å². The highest BCUT2D eigenvalue weighted by molar-refractivity contribution is 5.85. The van der Waals surface area contributed by atoms with E-state index in [0.29, 0.717) is 31.1 Å². The second-order valence-electron chi connectivity index (χ2n) is 7.86. The summed E-state index contributed by atoms with van der Waals surface area (Å²) in [6.07, 6.45) is 5.38. The first kappa shape index (κ1) is 24.4. The first-order valence-corrected chi connectivity index (χ1v) is 11.5. The van der Waals surface area contributed by atoms with E-state index in [1.165, 1.54) is 18.3 Å². The van der Waals surface area contributed by atoms with Crippen molar-refractivity contribution in [3.63, 3.8) is 0 Å². The third-order valence-corrected chi connectivity index (χ3v) is 5.44. The van der Waals surface area contributed by atoms with E-state index in [2.05, 4.69) is 46.4 Å². The molecule has 8 nitrogen and oxygen atoms in total. The highest BCUT2D eigenvalue weighted by Gasteiger charge is 2.15. The number of hydrogen-bond acceptors (Lipinski definition) is 7. The molecule has 0 aliphatic rings. The van der Waals surface area contributed by atoms with Gasteiger partial charge in [0, 0.05) is 17.8 Å². The van der Waals surface area contributed by atoms with Crippen molar-refractivity contribution < 1.29 is 14.4 Å². The Kier molecular flexibility index (Phi) is 7.87. The second-order valence-corrected chi connectivity index (χ2v) is 7.86. The monoisotopic (exact) mass is 482 g/mol. The predicted octanol–water partition coefficient (Wildman–Crippen LogP) is 6.30. The number of hydrogen-bond donors (Lipinski definition) is 1. The Labute approximate surface area is 209 Å². The maximum Gasteiger partial charge on any atom is 0.313 e. The lowest BCUT2D eigenvalue weighted by Gasteiger charge is -2.17. The third-order valence-electron chi connectivity index (χ3n) is 5.44. The van der Waals surface area contributed by atoms with E-state index < -0.39 is 4.92 Å². The van der Waals surface area contributed by atoms with Crippen LogP contribution < -0.4 is 14.9 Å². The quantitative estimate of drug-likeness (QED) is 0.117. The molecule has 0 saturated heterocycles. The number of rotatable bonds is 11. The number of ether oxygens (including phenoxy) is 2. The average molecular weight is 483 g/mol. The molecule has 1 heterocycles. The summed E-state index contributed by atoms with van der Waals surface area (Å²) in [5.74, 6) is 1.29. The van der Waals surface area contributed by atoms with E-state index in [9.17, 15) is 10.1 Å². The molecule has 4 aromatic rings. The number of aromatic nitrogens is 1. The molecule has 0 fully saturated rings. The third kappa shape index (κ3) is 5.67. The fourth-order valence-corrected chi connectivity index (χ4v) is 3.86. The van der Waals surface area contributed by atoms with Gasteiger partial charge in [0.25, 0.3) is 0 Å². The molecule has 0 unspecified atom stereocenters. The fourth-order valence-electron chi connectivity index (χ4n) is 3.86. The lowest BCUT2D eigenvalue weighted by Crippen LogP contribution is -2.04. The number of pyridine rings is 1. The van der Waals surface area contributed by atoms with Gasteiger partial charge in [-0.15, -0.1) is 6.58 Å². The van der Waals surface area contributed by atoms with Crippen LogP contribution in [0.25, 0.3) is 10.8 Å². The minimum Gasteiger partial charge on any atom is -0.490 e. The number of anilines is 1. The van der Waals surface area contributed by atoms with E-state index in [0.717, 1.165) is 27.5 Å². The van der Waals surface area contributed by atoms with Crippen LogP contribution in [0.4, 0.5) is 11.5 Å². The largest absolute Gasteiger partial charge is 0.490 e. The Hall–Kier alpha value is -4.72. The molecule has 0 spiro atoms. The highest BCUT2D eigenvalue weighted by atomic mass is 16.6. The van der Waals surface area contributed by atoms with E-state index in [-0.39, 0.29) is 11.5 Å². The molecule has 3 aromatic carbocycles. The van der Waals surface area contributed by atoms with Crippen LogP contribution in [0.3, 0.4) is 0 Å². The molecule has 1 aromatic heterocycles. The molecule has 0 saturated carbocycles. The maximum atomic E-state index is 11.2. The zero-order chi connectivity index (χ0) is 25.3. The number of nitrogens with zero attached hydrogens (tertiary/aromatic N) is 3. The van der Waals surface area contributed by atoms with Crippen molar-refractivity contribution in [1.82, 2.24) is 4.98 Å². The van der Waals surface area contributed by atoms with Crippen molar-refractivity contribution in [2.45, 2.75) is 20.0 Å². The van der Waals surface area contributed by atoms with Crippen LogP contribution >= 0.6 is 0 Å². The number of nitrogens with one attached hydrogen (secondary N) is 1. The number of fused-ring (bicyclic) bond motifs is 1. The van der Waals surface area contributed by atoms with Crippen LogP contribution in [-0.4, -0.2) is 22.7 Å². The SMILES string of the molecule is C=CCc1cc(/C=N\Nc2ncccc2[N+](=O)[O-])cc(OCC)c1OCc1cccc2ccccc12. The lowest BCUT2D eigenvalue weighted by molar-refractivity contribution is -0.384. The summed E-state index contributed by atoms with van der Waals surface area (Å²) in [6.45, 7) is 6.62. The lowest BCUT2D eigenvalue weighted by atomic mass is 10.0. The maximum absolute atomic E-state index is 11.2. The molecule has 182 valence electrons. The van der Waals surface area contributed by atoms with Gasteiger partial charge in [-0.05, 0) is 53.4 Å². The van der Waals surface area contributed by atoms with E-state index in [4.69, 9.17) is 9.47 Å². The van der Waals surface area contributed by atoms with Crippen LogP contribution in [0.15, 0.2) is 90.7 Å². The van der Waals surface area contributed by atoms with Crippen LogP contribution in [0.2, 0.25) is 0 Å². The Morgan fingerprint density at radius 3 is 2.72 bits per heavy atom. The van der Waals surface area contributed by atoms with Gasteiger partial charge in [0.1, 0.15) is 6.61 Å². The predicted molar refractivity (Wildman–Crippen MR) is 142 cm³/mol. The van der Waals surface area contributed by atoms with Gasteiger partial charge in [-0.25, -0.2) is 4.98 Å². The Bertz CT molecular complexity index is 1410. The number of allylic oxidation sites excluding steroid dienone is 1. The fraction of sp³-hybridized carbons (Fsp3) is 0.143. The van der Waals surface area contributed by atoms with Gasteiger partial charge < -0.3 is 9.47 Å². The van der Waals surface area contributed by atoms with Gasteiger partial charge in [-0.2, -0.15) is 5.10 Å². The van der Waals surface area contributed by atoms with E-state index in [1.54, 1.807) is 12.3 Å². The molecule has 0 atom stereocenters. The summed E-state index contributed by atoms with van der Waals surface area (Å²) in [5.41, 5.74) is 5.19. The van der Waals surface area contributed by atoms with Gasteiger partial charge in [-0.3, -0.25) is 15.5 Å². The molecule has 0 radical (unpaired) electrons. The van der Waals surface area contributed by atoms with E-state index in [1.807, 2.05) is 37.3 Å². The summed E-state index contributed by atoms with van der Waals surface area (Å²) in [6, 6.07) is 21.0. The molecular formula is C28H26N4O4. The number of hydrazone groups is 1. The molecule has 1 N–H and O–H groups in total. The van der Waals surface area contributed by atoms with Crippen molar-refractivity contribution in [1.29, 1.82) is 0 Å². The Morgan fingerprint density at radius 1 is 1.08 bits per heavy atom. The molecular weight excluding hydrogens is 456 g/mol. The van der Waals surface area contributed by atoms with Gasteiger partial charge in [0.2, 0.25) is 5.82 Å². The molecule has 4 rings (SSSR count). The van der Waals surface area contributed by atoms with Crippen molar-refractivity contribution in [2.75, 3.05) is 12.0 Å². The molecule has 0 bridgehead atoms. The summed E-state index contributed by atoms with van der Waals surface area (Å²) in [7, 11) is 0. The second kappa shape index (κ2) is 11.6. The summed E-state index contributed by atoms with van der Waals surface area (Å²) >= 11 is 0. The zero-order valence-corrected chi connectivity index (χ0v) is 19.9. The molecule has 0 aliphatic carbocycles. The zero-order valence-electron chi connectivity index (χ0n) is 19.9. The highest BCUT2D eigenvalue weighted by Crippen LogP contribution is 2.35. The van der Waals surface area contributed by atoms with Crippen molar-refractivity contribution in [3.8, 4) is 11.5 Å². The van der Waals surface area contributed by atoms with E-state index >= 15 is 0 Å². The van der Waals surface area contributed by atoms with Gasteiger partial charge >= 0.3 is 5.69 Å². The molecule has 0 amide bonds. The van der Waals surface area contributed by atoms with Crippen molar-refractivity contribution in [2.24, 2.45) is 5.10 Å². The molecule has 0 aliphatic heterocycles. The molecule has 8 heteroatoms. The van der Waals surface area contributed by atoms with Gasteiger partial charge in [0.15, 0.2) is 11.5 Å². The smallest absolute Gasteiger partial charge is 0.313 e. The summed E-state index contributed by atoms with van der Waals surface area (Å²) < 4.78 is 12.2. The van der Waals surface area contributed by atoms with Gasteiger partial charge in [0.05, 0.1) is 17.7 Å². The Balaban J connectivity index is 1.61. The minimum atomic E-state index is -0.512. The normalized spacial score (nSPS) is 10.9. The standard InChI is InChI=1S/C28H26N4O4/c1-3-9-22-16-20(18-30-31-28-25(32(33)34)14-8-15-29-28)17-26(35-4-2)27(22)36-19-23-12-7-11-21-10-5-6-13-24(21)23/h3,5-8,10-18H,1,4,9,19H2,2H3,(H,29,31)/b30-18-. The Morgan fingerprint density at radius 2 is 1.92 bits per heavy atom. The number of nitro groups is 1. The summed E-state index contributed by atoms with van der Waals surface area (Å²) in [4.78, 5) is 14.7. The van der Waals surface area contributed by atoms with Crippen molar-refractivity contribution in [3.05, 3.63) is 112 Å². The first-order chi connectivity index (χ1) is 17.6. The average Bonchev–Trinajstić information content (AvgIpc) is 2.89. The van der Waals surface area contributed by atoms with Crippen molar-refractivity contribution >= 4 is 28.5 Å². The minimum absolute atomic E-state index is 0.0603. The summed E-state index contributed by atoms with van der Waals surface area (Å²) in [5, 5.41) is 17.6. The van der Waals surface area contributed by atoms with Crippen LogP contribution in [-0.2, 0) is 13.0 Å². The number of benzene rings is 3. The van der Waals surface area contributed by atoms with Crippen LogP contribution in [0, 0.1) is 10.1 Å². The molecule has 36 heavy (non-hydrogen) atoms. The topological polar surface area (TPSA) is 98.9 Å². The van der Waals surface area contributed by atoms with Gasteiger partial charge in [-0.1, -0.05) is 48.5 Å². The first-order valence-electron chi connectivity index (χ1n) is 11.5.